The molecule has 0 atom stereocenters. The van der Waals surface area contributed by atoms with Crippen LogP contribution in [-0.2, 0) is 5.75 Å². The number of hydrazine groups is 1. The van der Waals surface area contributed by atoms with Crippen molar-refractivity contribution >= 4 is 34.7 Å². The maximum absolute atomic E-state index is 11.2. The number of aromatic nitrogens is 2. The number of nitrogens with two attached hydrogens (primary N) is 2. The summed E-state index contributed by atoms with van der Waals surface area (Å²) in [5.41, 5.74) is 9.26. The van der Waals surface area contributed by atoms with Gasteiger partial charge in [-0.25, -0.2) is 15.8 Å². The first-order chi connectivity index (χ1) is 8.70. The van der Waals surface area contributed by atoms with E-state index in [1.54, 1.807) is 18.3 Å². The van der Waals surface area contributed by atoms with Crippen LogP contribution in [0.25, 0.3) is 0 Å². The summed E-state index contributed by atoms with van der Waals surface area (Å²) >= 11 is 2.73. The molecule has 2 aromatic heterocycles. The first-order valence-electron chi connectivity index (χ1n) is 4.99. The van der Waals surface area contributed by atoms with Gasteiger partial charge in [-0.15, -0.1) is 11.3 Å². The second kappa shape index (κ2) is 5.80. The van der Waals surface area contributed by atoms with Gasteiger partial charge in [0.2, 0.25) is 0 Å². The number of carbonyl (C=O) groups excluding carboxylic acids is 1. The molecule has 0 aliphatic heterocycles. The third-order valence-electron chi connectivity index (χ3n) is 2.03. The number of anilines is 1. The lowest BCUT2D eigenvalue weighted by molar-refractivity contribution is 0.0953. The van der Waals surface area contributed by atoms with E-state index in [9.17, 15) is 4.79 Å². The Labute approximate surface area is 112 Å². The molecule has 0 saturated carbocycles. The highest BCUT2D eigenvalue weighted by Gasteiger charge is 2.10. The Morgan fingerprint density at radius 3 is 3.11 bits per heavy atom. The molecule has 0 unspecified atom stereocenters. The average Bonchev–Trinajstić information content (AvgIpc) is 2.86. The molecule has 0 bridgehead atoms. The summed E-state index contributed by atoms with van der Waals surface area (Å²) < 4.78 is 0. The minimum atomic E-state index is -0.381. The number of hydrogen-bond donors (Lipinski definition) is 3. The SMILES string of the molecule is NNC(=O)c1nc(CSc2ncccc2N)cs1. The van der Waals surface area contributed by atoms with Gasteiger partial charge in [-0.05, 0) is 12.1 Å². The maximum atomic E-state index is 11.2. The van der Waals surface area contributed by atoms with E-state index >= 15 is 0 Å². The van der Waals surface area contributed by atoms with Crippen LogP contribution in [0.15, 0.2) is 28.7 Å². The molecule has 0 fully saturated rings. The number of thioether (sulfide) groups is 1. The van der Waals surface area contributed by atoms with Crippen LogP contribution >= 0.6 is 23.1 Å². The van der Waals surface area contributed by atoms with Crippen molar-refractivity contribution in [2.24, 2.45) is 5.84 Å². The Morgan fingerprint density at radius 1 is 1.56 bits per heavy atom. The molecule has 0 radical (unpaired) electrons. The smallest absolute Gasteiger partial charge is 0.294 e. The van der Waals surface area contributed by atoms with Gasteiger partial charge in [-0.1, -0.05) is 11.8 Å². The van der Waals surface area contributed by atoms with Crippen LogP contribution in [0.4, 0.5) is 5.69 Å². The zero-order valence-electron chi connectivity index (χ0n) is 9.29. The number of nitrogens with one attached hydrogen (secondary N) is 1. The molecule has 0 aliphatic carbocycles. The summed E-state index contributed by atoms with van der Waals surface area (Å²) in [6.07, 6.45) is 1.69. The predicted molar refractivity (Wildman–Crippen MR) is 72.0 cm³/mol. The number of carbonyl (C=O) groups is 1. The first-order valence-corrected chi connectivity index (χ1v) is 6.86. The standard InChI is InChI=1S/C10H11N5OS2/c11-7-2-1-3-13-9(7)17-4-6-5-18-10(14-6)8(16)15-12/h1-3,5H,4,11-12H2,(H,15,16). The third-order valence-corrected chi connectivity index (χ3v) is 3.98. The molecule has 18 heavy (non-hydrogen) atoms. The van der Waals surface area contributed by atoms with Crippen LogP contribution in [-0.4, -0.2) is 15.9 Å². The lowest BCUT2D eigenvalue weighted by Gasteiger charge is -2.01. The second-order valence-electron chi connectivity index (χ2n) is 3.30. The summed E-state index contributed by atoms with van der Waals surface area (Å²) in [5, 5.41) is 2.92. The zero-order valence-corrected chi connectivity index (χ0v) is 10.9. The largest absolute Gasteiger partial charge is 0.397 e. The molecule has 2 aromatic rings. The summed E-state index contributed by atoms with van der Waals surface area (Å²) in [6, 6.07) is 3.58. The average molecular weight is 281 g/mol. The molecule has 1 amide bonds. The topological polar surface area (TPSA) is 107 Å². The van der Waals surface area contributed by atoms with Crippen molar-refractivity contribution in [1.82, 2.24) is 15.4 Å². The quantitative estimate of drug-likeness (QED) is 0.334. The second-order valence-corrected chi connectivity index (χ2v) is 5.13. The van der Waals surface area contributed by atoms with Crippen LogP contribution in [0.1, 0.15) is 15.5 Å². The molecule has 0 aliphatic rings. The number of hydrogen-bond acceptors (Lipinski definition) is 7. The number of pyridine rings is 1. The van der Waals surface area contributed by atoms with Gasteiger partial charge in [0.1, 0.15) is 5.03 Å². The highest BCUT2D eigenvalue weighted by atomic mass is 32.2. The van der Waals surface area contributed by atoms with Crippen molar-refractivity contribution < 1.29 is 4.79 Å². The van der Waals surface area contributed by atoms with Crippen molar-refractivity contribution in [3.05, 3.63) is 34.4 Å². The van der Waals surface area contributed by atoms with Crippen molar-refractivity contribution in [3.63, 3.8) is 0 Å². The van der Waals surface area contributed by atoms with E-state index in [1.807, 2.05) is 10.8 Å². The van der Waals surface area contributed by atoms with Crippen LogP contribution in [0, 0.1) is 0 Å². The molecule has 2 rings (SSSR count). The fourth-order valence-corrected chi connectivity index (χ4v) is 2.83. The minimum absolute atomic E-state index is 0.349. The van der Waals surface area contributed by atoms with Crippen molar-refractivity contribution in [3.8, 4) is 0 Å². The molecule has 2 heterocycles. The molecule has 0 spiro atoms. The van der Waals surface area contributed by atoms with E-state index in [0.29, 0.717) is 16.4 Å². The third kappa shape index (κ3) is 2.97. The number of amides is 1. The number of rotatable bonds is 4. The molecular formula is C10H11N5OS2. The fourth-order valence-electron chi connectivity index (χ4n) is 1.21. The van der Waals surface area contributed by atoms with Crippen LogP contribution in [0.2, 0.25) is 0 Å². The Morgan fingerprint density at radius 2 is 2.39 bits per heavy atom. The van der Waals surface area contributed by atoms with Gasteiger partial charge >= 0.3 is 0 Å². The van der Waals surface area contributed by atoms with Gasteiger partial charge in [-0.2, -0.15) is 0 Å². The monoisotopic (exact) mass is 281 g/mol. The molecule has 6 nitrogen and oxygen atoms in total. The lowest BCUT2D eigenvalue weighted by Crippen LogP contribution is -2.29. The van der Waals surface area contributed by atoms with E-state index in [0.717, 1.165) is 10.7 Å². The summed E-state index contributed by atoms with van der Waals surface area (Å²) in [4.78, 5) is 19.6. The normalized spacial score (nSPS) is 10.3. The maximum Gasteiger partial charge on any atom is 0.294 e. The van der Waals surface area contributed by atoms with E-state index < -0.39 is 0 Å². The van der Waals surface area contributed by atoms with E-state index in [1.165, 1.54) is 23.1 Å². The van der Waals surface area contributed by atoms with Gasteiger partial charge < -0.3 is 5.73 Å². The summed E-state index contributed by atoms with van der Waals surface area (Å²) in [5.74, 6) is 5.26. The van der Waals surface area contributed by atoms with Crippen LogP contribution in [0.3, 0.4) is 0 Å². The molecule has 94 valence electrons. The van der Waals surface area contributed by atoms with Gasteiger partial charge in [0.25, 0.3) is 5.91 Å². The Kier molecular flexibility index (Phi) is 4.13. The highest BCUT2D eigenvalue weighted by molar-refractivity contribution is 7.98. The molecule has 0 saturated heterocycles. The Bertz CT molecular complexity index is 557. The Balaban J connectivity index is 2.01. The van der Waals surface area contributed by atoms with Crippen molar-refractivity contribution in [2.45, 2.75) is 10.8 Å². The van der Waals surface area contributed by atoms with Crippen LogP contribution in [0.5, 0.6) is 0 Å². The van der Waals surface area contributed by atoms with Gasteiger partial charge in [0, 0.05) is 17.3 Å². The van der Waals surface area contributed by atoms with E-state index in [4.69, 9.17) is 11.6 Å². The van der Waals surface area contributed by atoms with E-state index in [-0.39, 0.29) is 5.91 Å². The molecule has 5 N–H and O–H groups in total. The highest BCUT2D eigenvalue weighted by Crippen LogP contribution is 2.25. The lowest BCUT2D eigenvalue weighted by atomic mass is 10.4. The van der Waals surface area contributed by atoms with Gasteiger partial charge in [-0.3, -0.25) is 10.2 Å². The van der Waals surface area contributed by atoms with E-state index in [2.05, 4.69) is 9.97 Å². The Hall–Kier alpha value is -1.64. The number of thiazole rings is 1. The van der Waals surface area contributed by atoms with Gasteiger partial charge in [0.05, 0.1) is 11.4 Å². The van der Waals surface area contributed by atoms with Gasteiger partial charge in [0.15, 0.2) is 5.01 Å². The molecule has 0 aromatic carbocycles. The van der Waals surface area contributed by atoms with Crippen LogP contribution < -0.4 is 17.0 Å². The molecular weight excluding hydrogens is 270 g/mol. The summed E-state index contributed by atoms with van der Waals surface area (Å²) in [7, 11) is 0. The number of nitrogen functional groups attached to an aromatic ring is 2. The van der Waals surface area contributed by atoms with Crippen molar-refractivity contribution in [2.75, 3.05) is 5.73 Å². The number of nitrogens with zero attached hydrogens (tertiary/aromatic N) is 2. The first kappa shape index (κ1) is 12.8. The fraction of sp³-hybridized carbons (Fsp3) is 0.100. The minimum Gasteiger partial charge on any atom is -0.397 e. The zero-order chi connectivity index (χ0) is 13.0. The molecule has 8 heteroatoms. The van der Waals surface area contributed by atoms with Crippen molar-refractivity contribution in [1.29, 1.82) is 0 Å². The summed E-state index contributed by atoms with van der Waals surface area (Å²) in [6.45, 7) is 0. The predicted octanol–water partition coefficient (Wildman–Crippen LogP) is 1.02.